The zero-order chi connectivity index (χ0) is 10.1. The Morgan fingerprint density at radius 2 is 2.15 bits per heavy atom. The van der Waals surface area contributed by atoms with E-state index in [-0.39, 0.29) is 13.2 Å². The van der Waals surface area contributed by atoms with E-state index in [1.807, 2.05) is 0 Å². The molecule has 0 saturated carbocycles. The molecule has 1 amide bonds. The van der Waals surface area contributed by atoms with Crippen molar-refractivity contribution in [3.63, 3.8) is 0 Å². The third kappa shape index (κ3) is 6.86. The SMILES string of the molecule is C=CC(=O)OCCNC(=O)OCC. The van der Waals surface area contributed by atoms with Crippen LogP contribution in [0.4, 0.5) is 4.79 Å². The Balaban J connectivity index is 3.30. The average Bonchev–Trinajstić information content (AvgIpc) is 2.12. The van der Waals surface area contributed by atoms with Gasteiger partial charge in [0.05, 0.1) is 13.2 Å². The fraction of sp³-hybridized carbons (Fsp3) is 0.500. The van der Waals surface area contributed by atoms with Crippen LogP contribution in [-0.2, 0) is 14.3 Å². The Morgan fingerprint density at radius 1 is 1.46 bits per heavy atom. The molecule has 0 atom stereocenters. The minimum absolute atomic E-state index is 0.115. The van der Waals surface area contributed by atoms with Crippen LogP contribution in [0.3, 0.4) is 0 Å². The van der Waals surface area contributed by atoms with Crippen LogP contribution in [0.2, 0.25) is 0 Å². The van der Waals surface area contributed by atoms with Crippen molar-refractivity contribution in [2.45, 2.75) is 6.92 Å². The van der Waals surface area contributed by atoms with E-state index in [1.54, 1.807) is 6.92 Å². The number of hydrogen-bond acceptors (Lipinski definition) is 4. The minimum atomic E-state index is -0.517. The highest BCUT2D eigenvalue weighted by Crippen LogP contribution is 1.79. The van der Waals surface area contributed by atoms with Crippen LogP contribution in [0.5, 0.6) is 0 Å². The van der Waals surface area contributed by atoms with Crippen molar-refractivity contribution in [3.8, 4) is 0 Å². The Hall–Kier alpha value is -1.52. The van der Waals surface area contributed by atoms with Gasteiger partial charge in [-0.15, -0.1) is 0 Å². The summed E-state index contributed by atoms with van der Waals surface area (Å²) in [6, 6.07) is 0. The molecule has 74 valence electrons. The lowest BCUT2D eigenvalue weighted by Gasteiger charge is -2.04. The van der Waals surface area contributed by atoms with E-state index in [1.165, 1.54) is 0 Å². The van der Waals surface area contributed by atoms with Crippen LogP contribution >= 0.6 is 0 Å². The maximum Gasteiger partial charge on any atom is 0.407 e. The number of nitrogens with one attached hydrogen (secondary N) is 1. The topological polar surface area (TPSA) is 64.6 Å². The van der Waals surface area contributed by atoms with Gasteiger partial charge in [0, 0.05) is 6.08 Å². The van der Waals surface area contributed by atoms with E-state index in [9.17, 15) is 9.59 Å². The van der Waals surface area contributed by atoms with Gasteiger partial charge in [-0.25, -0.2) is 9.59 Å². The van der Waals surface area contributed by atoms with Gasteiger partial charge >= 0.3 is 12.1 Å². The van der Waals surface area contributed by atoms with E-state index in [0.29, 0.717) is 6.61 Å². The smallest absolute Gasteiger partial charge is 0.407 e. The molecular weight excluding hydrogens is 174 g/mol. The highest BCUT2D eigenvalue weighted by Gasteiger charge is 1.99. The van der Waals surface area contributed by atoms with Crippen LogP contribution in [0, 0.1) is 0 Å². The van der Waals surface area contributed by atoms with E-state index in [2.05, 4.69) is 21.4 Å². The van der Waals surface area contributed by atoms with E-state index >= 15 is 0 Å². The normalized spacial score (nSPS) is 8.69. The number of carbonyl (C=O) groups is 2. The van der Waals surface area contributed by atoms with Crippen molar-refractivity contribution in [1.29, 1.82) is 0 Å². The van der Waals surface area contributed by atoms with Crippen molar-refractivity contribution in [3.05, 3.63) is 12.7 Å². The largest absolute Gasteiger partial charge is 0.461 e. The average molecular weight is 187 g/mol. The van der Waals surface area contributed by atoms with Crippen molar-refractivity contribution < 1.29 is 19.1 Å². The van der Waals surface area contributed by atoms with Gasteiger partial charge in [0.1, 0.15) is 6.61 Å². The molecule has 0 aliphatic carbocycles. The summed E-state index contributed by atoms with van der Waals surface area (Å²) < 4.78 is 9.16. The van der Waals surface area contributed by atoms with Gasteiger partial charge in [-0.1, -0.05) is 6.58 Å². The second-order valence-corrected chi connectivity index (χ2v) is 2.02. The predicted octanol–water partition coefficient (Wildman–Crippen LogP) is 0.462. The molecule has 0 aliphatic heterocycles. The van der Waals surface area contributed by atoms with Crippen molar-refractivity contribution in [2.24, 2.45) is 0 Å². The maximum absolute atomic E-state index is 10.7. The molecule has 0 aromatic rings. The first-order valence-electron chi connectivity index (χ1n) is 3.90. The molecule has 0 aromatic heterocycles. The molecular formula is C8H13NO4. The first-order chi connectivity index (χ1) is 6.20. The number of carbonyl (C=O) groups excluding carboxylic acids is 2. The number of alkyl carbamates (subject to hydrolysis) is 1. The highest BCUT2D eigenvalue weighted by molar-refractivity contribution is 5.81. The first-order valence-corrected chi connectivity index (χ1v) is 3.90. The zero-order valence-electron chi connectivity index (χ0n) is 7.54. The zero-order valence-corrected chi connectivity index (χ0v) is 7.54. The standard InChI is InChI=1S/C8H13NO4/c1-3-7(10)13-6-5-9-8(11)12-4-2/h3H,1,4-6H2,2H3,(H,9,11). The Bertz CT molecular complexity index is 191. The van der Waals surface area contributed by atoms with Crippen molar-refractivity contribution >= 4 is 12.1 Å². The lowest BCUT2D eigenvalue weighted by molar-refractivity contribution is -0.137. The van der Waals surface area contributed by atoms with Gasteiger partial charge in [0.25, 0.3) is 0 Å². The lowest BCUT2D eigenvalue weighted by atomic mass is 10.6. The maximum atomic E-state index is 10.7. The number of amides is 1. The summed E-state index contributed by atoms with van der Waals surface area (Å²) in [7, 11) is 0. The van der Waals surface area contributed by atoms with E-state index in [4.69, 9.17) is 0 Å². The lowest BCUT2D eigenvalue weighted by Crippen LogP contribution is -2.28. The second-order valence-electron chi connectivity index (χ2n) is 2.02. The Labute approximate surface area is 76.7 Å². The van der Waals surface area contributed by atoms with Crippen LogP contribution < -0.4 is 5.32 Å². The molecule has 5 nitrogen and oxygen atoms in total. The molecule has 1 N–H and O–H groups in total. The van der Waals surface area contributed by atoms with Gasteiger partial charge in [-0.3, -0.25) is 0 Å². The fourth-order valence-corrected chi connectivity index (χ4v) is 0.546. The van der Waals surface area contributed by atoms with Crippen molar-refractivity contribution in [2.75, 3.05) is 19.8 Å². The molecule has 13 heavy (non-hydrogen) atoms. The molecule has 0 spiro atoms. The van der Waals surface area contributed by atoms with Gasteiger partial charge in [-0.05, 0) is 6.92 Å². The summed E-state index contributed by atoms with van der Waals surface area (Å²) in [4.78, 5) is 21.2. The van der Waals surface area contributed by atoms with Crippen molar-refractivity contribution in [1.82, 2.24) is 5.32 Å². The first kappa shape index (κ1) is 11.5. The van der Waals surface area contributed by atoms with Crippen LogP contribution in [0.15, 0.2) is 12.7 Å². The molecule has 0 saturated heterocycles. The third-order valence-electron chi connectivity index (χ3n) is 1.06. The minimum Gasteiger partial charge on any atom is -0.461 e. The molecule has 0 fully saturated rings. The Morgan fingerprint density at radius 3 is 2.69 bits per heavy atom. The second kappa shape index (κ2) is 7.15. The van der Waals surface area contributed by atoms with E-state index in [0.717, 1.165) is 6.08 Å². The molecule has 0 radical (unpaired) electrons. The molecule has 5 heteroatoms. The quantitative estimate of drug-likeness (QED) is 0.386. The number of hydrogen-bond donors (Lipinski definition) is 1. The van der Waals surface area contributed by atoms with Gasteiger partial charge < -0.3 is 14.8 Å². The third-order valence-corrected chi connectivity index (χ3v) is 1.06. The summed E-state index contributed by atoms with van der Waals surface area (Å²) in [5, 5.41) is 2.39. The van der Waals surface area contributed by atoms with E-state index < -0.39 is 12.1 Å². The molecule has 0 unspecified atom stereocenters. The van der Waals surface area contributed by atoms with Crippen LogP contribution in [0.1, 0.15) is 6.92 Å². The predicted molar refractivity (Wildman–Crippen MR) is 46.2 cm³/mol. The summed E-state index contributed by atoms with van der Waals surface area (Å²) in [5.74, 6) is -0.509. The number of rotatable bonds is 5. The fourth-order valence-electron chi connectivity index (χ4n) is 0.546. The Kier molecular flexibility index (Phi) is 6.31. The van der Waals surface area contributed by atoms with Crippen LogP contribution in [0.25, 0.3) is 0 Å². The monoisotopic (exact) mass is 187 g/mol. The highest BCUT2D eigenvalue weighted by atomic mass is 16.6. The summed E-state index contributed by atoms with van der Waals surface area (Å²) in [5.41, 5.74) is 0. The van der Waals surface area contributed by atoms with Gasteiger partial charge in [-0.2, -0.15) is 0 Å². The van der Waals surface area contributed by atoms with Gasteiger partial charge in [0.15, 0.2) is 0 Å². The molecule has 0 heterocycles. The summed E-state index contributed by atoms with van der Waals surface area (Å²) in [6.07, 6.45) is 0.543. The molecule has 0 aromatic carbocycles. The summed E-state index contributed by atoms with van der Waals surface area (Å²) >= 11 is 0. The number of esters is 1. The van der Waals surface area contributed by atoms with Gasteiger partial charge in [0.2, 0.25) is 0 Å². The van der Waals surface area contributed by atoms with Crippen LogP contribution in [-0.4, -0.2) is 31.8 Å². The summed E-state index contributed by atoms with van der Waals surface area (Å²) in [6.45, 7) is 5.59. The molecule has 0 rings (SSSR count). The molecule has 0 aliphatic rings. The molecule has 0 bridgehead atoms. The number of ether oxygens (including phenoxy) is 2.